The summed E-state index contributed by atoms with van der Waals surface area (Å²) in [4.78, 5) is 18.2. The molecule has 1 aliphatic carbocycles. The summed E-state index contributed by atoms with van der Waals surface area (Å²) in [7, 11) is 0. The molecule has 3 nitrogen and oxygen atoms in total. The summed E-state index contributed by atoms with van der Waals surface area (Å²) in [5, 5.41) is 4.22. The highest BCUT2D eigenvalue weighted by Crippen LogP contribution is 2.27. The van der Waals surface area contributed by atoms with E-state index in [1.807, 2.05) is 42.5 Å². The summed E-state index contributed by atoms with van der Waals surface area (Å²) < 4.78 is 0. The van der Waals surface area contributed by atoms with Gasteiger partial charge in [0.25, 0.3) is 5.91 Å². The van der Waals surface area contributed by atoms with Crippen molar-refractivity contribution in [3.63, 3.8) is 0 Å². The van der Waals surface area contributed by atoms with Crippen LogP contribution in [0.15, 0.2) is 24.3 Å². The van der Waals surface area contributed by atoms with E-state index in [9.17, 15) is 4.79 Å². The molecule has 1 aliphatic rings. The largest absolute Gasteiger partial charge is 0.352 e. The number of hydrogen-bond donors (Lipinski definition) is 1. The molecule has 0 unspecified atom stereocenters. The molecule has 0 saturated carbocycles. The number of amides is 1. The van der Waals surface area contributed by atoms with E-state index in [4.69, 9.17) is 4.98 Å². The number of aromatic nitrogens is 1. The quantitative estimate of drug-likeness (QED) is 0.855. The Kier molecular flexibility index (Phi) is 4.88. The van der Waals surface area contributed by atoms with Crippen molar-refractivity contribution in [3.8, 4) is 0 Å². The number of nitrogens with one attached hydrogen (secondary N) is 1. The van der Waals surface area contributed by atoms with Crippen molar-refractivity contribution in [2.45, 2.75) is 45.4 Å². The second kappa shape index (κ2) is 7.05. The molecule has 116 valence electrons. The average molecular weight is 314 g/mol. The first-order valence-corrected chi connectivity index (χ1v) is 8.86. The third-order valence-corrected chi connectivity index (χ3v) is 5.27. The van der Waals surface area contributed by atoms with Crippen molar-refractivity contribution in [1.82, 2.24) is 10.3 Å². The van der Waals surface area contributed by atoms with Crippen LogP contribution < -0.4 is 5.32 Å². The molecule has 1 N–H and O–H groups in total. The number of carbonyl (C=O) groups excluding carboxylic acids is 1. The van der Waals surface area contributed by atoms with Crippen LogP contribution in [0, 0.1) is 6.92 Å². The van der Waals surface area contributed by atoms with Crippen LogP contribution in [0.3, 0.4) is 0 Å². The van der Waals surface area contributed by atoms with Crippen molar-refractivity contribution in [3.05, 3.63) is 51.0 Å². The van der Waals surface area contributed by atoms with Gasteiger partial charge < -0.3 is 5.32 Å². The molecule has 1 heterocycles. The summed E-state index contributed by atoms with van der Waals surface area (Å²) in [6.45, 7) is 2.73. The summed E-state index contributed by atoms with van der Waals surface area (Å²) in [5.41, 5.74) is 3.23. The van der Waals surface area contributed by atoms with E-state index in [1.165, 1.54) is 40.4 Å². The van der Waals surface area contributed by atoms with Crippen molar-refractivity contribution < 1.29 is 4.79 Å². The van der Waals surface area contributed by atoms with Crippen LogP contribution in [0.25, 0.3) is 0 Å². The first-order valence-electron chi connectivity index (χ1n) is 8.05. The van der Waals surface area contributed by atoms with Gasteiger partial charge in [-0.05, 0) is 51.2 Å². The zero-order chi connectivity index (χ0) is 15.4. The molecule has 3 rings (SSSR count). The second-order valence-corrected chi connectivity index (χ2v) is 7.08. The predicted molar refractivity (Wildman–Crippen MR) is 90.6 cm³/mol. The molecule has 1 aromatic carbocycles. The second-order valence-electron chi connectivity index (χ2n) is 5.91. The minimum Gasteiger partial charge on any atom is -0.352 e. The number of hydrogen-bond acceptors (Lipinski definition) is 3. The number of fused-ring (bicyclic) bond motifs is 1. The van der Waals surface area contributed by atoms with E-state index >= 15 is 0 Å². The molecule has 1 amide bonds. The maximum atomic E-state index is 12.0. The van der Waals surface area contributed by atoms with Crippen molar-refractivity contribution in [1.29, 1.82) is 0 Å². The fraction of sp³-hybridized carbons (Fsp3) is 0.444. The number of benzene rings is 1. The minimum atomic E-state index is 0.0124. The highest BCUT2D eigenvalue weighted by atomic mass is 32.1. The molecule has 4 heteroatoms. The standard InChI is InChI=1S/C18H22N2OS/c1-13-8-10-14(11-9-13)18(21)19-12-4-7-17-20-15-5-2-3-6-16(15)22-17/h8-11H,2-7,12H2,1H3,(H,19,21). The lowest BCUT2D eigenvalue weighted by Gasteiger charge is -2.06. The Morgan fingerprint density at radius 2 is 2.00 bits per heavy atom. The van der Waals surface area contributed by atoms with E-state index in [0.717, 1.165) is 24.8 Å². The molecule has 0 aliphatic heterocycles. The fourth-order valence-corrected chi connectivity index (χ4v) is 3.96. The zero-order valence-electron chi connectivity index (χ0n) is 13.0. The van der Waals surface area contributed by atoms with Crippen LogP contribution in [-0.4, -0.2) is 17.4 Å². The Morgan fingerprint density at radius 3 is 2.77 bits per heavy atom. The van der Waals surface area contributed by atoms with Crippen LogP contribution >= 0.6 is 11.3 Å². The normalized spacial score (nSPS) is 13.7. The molecule has 0 bridgehead atoms. The maximum absolute atomic E-state index is 12.0. The zero-order valence-corrected chi connectivity index (χ0v) is 13.8. The summed E-state index contributed by atoms with van der Waals surface area (Å²) >= 11 is 1.87. The van der Waals surface area contributed by atoms with Gasteiger partial charge in [-0.3, -0.25) is 4.79 Å². The minimum absolute atomic E-state index is 0.0124. The lowest BCUT2D eigenvalue weighted by Crippen LogP contribution is -2.24. The van der Waals surface area contributed by atoms with Crippen LogP contribution in [0.4, 0.5) is 0 Å². The first kappa shape index (κ1) is 15.2. The SMILES string of the molecule is Cc1ccc(C(=O)NCCCc2nc3c(s2)CCCC3)cc1. The molecule has 1 aromatic heterocycles. The molecule has 0 radical (unpaired) electrons. The summed E-state index contributed by atoms with van der Waals surface area (Å²) in [6, 6.07) is 7.68. The third kappa shape index (κ3) is 3.74. The van der Waals surface area contributed by atoms with Gasteiger partial charge in [-0.25, -0.2) is 4.98 Å². The van der Waals surface area contributed by atoms with Crippen LogP contribution in [0.2, 0.25) is 0 Å². The van der Waals surface area contributed by atoms with Gasteiger partial charge in [0.05, 0.1) is 10.7 Å². The maximum Gasteiger partial charge on any atom is 0.251 e. The van der Waals surface area contributed by atoms with Gasteiger partial charge in [0.15, 0.2) is 0 Å². The van der Waals surface area contributed by atoms with Crippen molar-refractivity contribution in [2.75, 3.05) is 6.54 Å². The van der Waals surface area contributed by atoms with Gasteiger partial charge in [-0.15, -0.1) is 11.3 Å². The fourth-order valence-electron chi connectivity index (χ4n) is 2.76. The van der Waals surface area contributed by atoms with Crippen molar-refractivity contribution >= 4 is 17.2 Å². The topological polar surface area (TPSA) is 42.0 Å². The monoisotopic (exact) mass is 314 g/mol. The van der Waals surface area contributed by atoms with Gasteiger partial charge in [0, 0.05) is 23.4 Å². The van der Waals surface area contributed by atoms with E-state index in [-0.39, 0.29) is 5.91 Å². The van der Waals surface area contributed by atoms with Gasteiger partial charge in [0.1, 0.15) is 0 Å². The van der Waals surface area contributed by atoms with E-state index in [1.54, 1.807) is 0 Å². The number of carbonyl (C=O) groups is 1. The number of aryl methyl sites for hydroxylation is 4. The average Bonchev–Trinajstić information content (AvgIpc) is 2.95. The first-order chi connectivity index (χ1) is 10.7. The lowest BCUT2D eigenvalue weighted by atomic mass is 10.0. The molecular weight excluding hydrogens is 292 g/mol. The van der Waals surface area contributed by atoms with Gasteiger partial charge in [-0.2, -0.15) is 0 Å². The third-order valence-electron chi connectivity index (χ3n) is 4.06. The van der Waals surface area contributed by atoms with Gasteiger partial charge >= 0.3 is 0 Å². The highest BCUT2D eigenvalue weighted by Gasteiger charge is 2.14. The Bertz CT molecular complexity index is 622. The van der Waals surface area contributed by atoms with Crippen LogP contribution in [0.5, 0.6) is 0 Å². The predicted octanol–water partition coefficient (Wildman–Crippen LogP) is 3.69. The number of thiazole rings is 1. The lowest BCUT2D eigenvalue weighted by molar-refractivity contribution is 0.0953. The Labute approximate surface area is 135 Å². The number of nitrogens with zero attached hydrogens (tertiary/aromatic N) is 1. The smallest absolute Gasteiger partial charge is 0.251 e. The molecule has 0 spiro atoms. The molecule has 22 heavy (non-hydrogen) atoms. The Hall–Kier alpha value is -1.68. The summed E-state index contributed by atoms with van der Waals surface area (Å²) in [6.07, 6.45) is 6.85. The molecular formula is C18H22N2OS. The van der Waals surface area contributed by atoms with Crippen molar-refractivity contribution in [2.24, 2.45) is 0 Å². The van der Waals surface area contributed by atoms with Crippen LogP contribution in [-0.2, 0) is 19.3 Å². The Morgan fingerprint density at radius 1 is 1.23 bits per heavy atom. The van der Waals surface area contributed by atoms with E-state index in [2.05, 4.69) is 5.32 Å². The molecule has 2 aromatic rings. The van der Waals surface area contributed by atoms with Gasteiger partial charge in [0.2, 0.25) is 0 Å². The Balaban J connectivity index is 1.44. The summed E-state index contributed by atoms with van der Waals surface area (Å²) in [5.74, 6) is 0.0124. The molecule has 0 atom stereocenters. The highest BCUT2D eigenvalue weighted by molar-refractivity contribution is 7.11. The van der Waals surface area contributed by atoms with Crippen LogP contribution in [0.1, 0.15) is 50.8 Å². The number of rotatable bonds is 5. The van der Waals surface area contributed by atoms with Gasteiger partial charge in [-0.1, -0.05) is 17.7 Å². The molecule has 0 fully saturated rings. The molecule has 0 saturated heterocycles. The van der Waals surface area contributed by atoms with E-state index in [0.29, 0.717) is 6.54 Å². The van der Waals surface area contributed by atoms with E-state index < -0.39 is 0 Å².